The maximum Gasteiger partial charge on any atom is 0.340 e. The second-order valence-corrected chi connectivity index (χ2v) is 4.80. The number of benzene rings is 1. The molecular formula is C12H9BrClNO2. The van der Waals surface area contributed by atoms with Crippen molar-refractivity contribution < 1.29 is 9.53 Å². The zero-order valence-electron chi connectivity index (χ0n) is 9.25. The number of rotatable bonds is 1. The molecule has 0 aliphatic heterocycles. The highest BCUT2D eigenvalue weighted by molar-refractivity contribution is 9.10. The number of halogens is 2. The van der Waals surface area contributed by atoms with Crippen LogP contribution in [0.4, 0.5) is 0 Å². The molecular weight excluding hydrogens is 305 g/mol. The molecule has 0 amide bonds. The second-order valence-electron chi connectivity index (χ2n) is 3.57. The lowest BCUT2D eigenvalue weighted by Gasteiger charge is -2.08. The van der Waals surface area contributed by atoms with Gasteiger partial charge in [0.25, 0.3) is 0 Å². The Hall–Kier alpha value is -1.13. The Kier molecular flexibility index (Phi) is 3.35. The van der Waals surface area contributed by atoms with E-state index in [1.807, 2.05) is 19.1 Å². The molecule has 0 fully saturated rings. The molecule has 1 aromatic heterocycles. The van der Waals surface area contributed by atoms with E-state index in [-0.39, 0.29) is 5.56 Å². The first kappa shape index (κ1) is 12.3. The lowest BCUT2D eigenvalue weighted by Crippen LogP contribution is -2.03. The molecule has 1 heterocycles. The van der Waals surface area contributed by atoms with Crippen molar-refractivity contribution in [3.63, 3.8) is 0 Å². The molecule has 0 unspecified atom stereocenters. The summed E-state index contributed by atoms with van der Waals surface area (Å²) in [6.07, 6.45) is 1.43. The normalized spacial score (nSPS) is 10.6. The van der Waals surface area contributed by atoms with E-state index in [1.54, 1.807) is 0 Å². The topological polar surface area (TPSA) is 39.2 Å². The average molecular weight is 315 g/mol. The van der Waals surface area contributed by atoms with Gasteiger partial charge in [-0.25, -0.2) is 4.79 Å². The average Bonchev–Trinajstić information content (AvgIpc) is 2.33. The van der Waals surface area contributed by atoms with Crippen molar-refractivity contribution in [3.8, 4) is 0 Å². The Morgan fingerprint density at radius 1 is 1.47 bits per heavy atom. The van der Waals surface area contributed by atoms with Gasteiger partial charge in [-0.2, -0.15) is 0 Å². The van der Waals surface area contributed by atoms with Crippen LogP contribution >= 0.6 is 27.5 Å². The van der Waals surface area contributed by atoms with Gasteiger partial charge in [0.05, 0.1) is 23.2 Å². The molecule has 0 radical (unpaired) electrons. The molecule has 0 N–H and O–H groups in total. The first-order valence-electron chi connectivity index (χ1n) is 4.88. The first-order chi connectivity index (χ1) is 8.06. The van der Waals surface area contributed by atoms with Gasteiger partial charge in [-0.05, 0) is 34.5 Å². The maximum absolute atomic E-state index is 11.5. The van der Waals surface area contributed by atoms with Crippen molar-refractivity contribution in [2.24, 2.45) is 0 Å². The monoisotopic (exact) mass is 313 g/mol. The van der Waals surface area contributed by atoms with Gasteiger partial charge in [-0.1, -0.05) is 17.7 Å². The van der Waals surface area contributed by atoms with E-state index >= 15 is 0 Å². The van der Waals surface area contributed by atoms with Gasteiger partial charge in [0.15, 0.2) is 0 Å². The summed E-state index contributed by atoms with van der Waals surface area (Å²) in [5.41, 5.74) is 1.98. The molecule has 17 heavy (non-hydrogen) atoms. The highest BCUT2D eigenvalue weighted by atomic mass is 79.9. The van der Waals surface area contributed by atoms with Crippen LogP contribution in [0.1, 0.15) is 15.9 Å². The number of fused-ring (bicyclic) bond motifs is 1. The highest BCUT2D eigenvalue weighted by Crippen LogP contribution is 2.32. The molecule has 0 saturated carbocycles. The number of hydrogen-bond donors (Lipinski definition) is 0. The molecule has 0 aliphatic rings. The molecule has 1 aromatic carbocycles. The minimum atomic E-state index is -0.483. The molecule has 0 bridgehead atoms. The SMILES string of the molecule is COC(=O)c1cnc2c(Br)ccc(C)c2c1Cl. The number of nitrogens with zero attached hydrogens (tertiary/aromatic N) is 1. The van der Waals surface area contributed by atoms with E-state index < -0.39 is 5.97 Å². The summed E-state index contributed by atoms with van der Waals surface area (Å²) in [7, 11) is 1.32. The van der Waals surface area contributed by atoms with Gasteiger partial charge in [-0.3, -0.25) is 4.98 Å². The predicted octanol–water partition coefficient (Wildman–Crippen LogP) is 3.75. The van der Waals surface area contributed by atoms with Crippen LogP contribution in [0.5, 0.6) is 0 Å². The summed E-state index contributed by atoms with van der Waals surface area (Å²) in [6, 6.07) is 3.82. The molecule has 0 saturated heterocycles. The van der Waals surface area contributed by atoms with Gasteiger partial charge in [-0.15, -0.1) is 0 Å². The van der Waals surface area contributed by atoms with Crippen molar-refractivity contribution in [1.82, 2.24) is 4.98 Å². The fourth-order valence-electron chi connectivity index (χ4n) is 1.64. The number of carbonyl (C=O) groups excluding carboxylic acids is 1. The van der Waals surface area contributed by atoms with Crippen LogP contribution in [-0.2, 0) is 4.74 Å². The molecule has 3 nitrogen and oxygen atoms in total. The minimum Gasteiger partial charge on any atom is -0.465 e. The fourth-order valence-corrected chi connectivity index (χ4v) is 2.44. The third-order valence-electron chi connectivity index (χ3n) is 2.52. The zero-order chi connectivity index (χ0) is 12.6. The van der Waals surface area contributed by atoms with Crippen LogP contribution in [0.3, 0.4) is 0 Å². The van der Waals surface area contributed by atoms with E-state index in [4.69, 9.17) is 11.6 Å². The first-order valence-corrected chi connectivity index (χ1v) is 6.05. The summed E-state index contributed by atoms with van der Waals surface area (Å²) < 4.78 is 5.50. The lowest BCUT2D eigenvalue weighted by molar-refractivity contribution is 0.0600. The number of esters is 1. The number of aromatic nitrogens is 1. The van der Waals surface area contributed by atoms with Gasteiger partial charge >= 0.3 is 5.97 Å². The van der Waals surface area contributed by atoms with Gasteiger partial charge in [0, 0.05) is 16.1 Å². The van der Waals surface area contributed by atoms with Crippen molar-refractivity contribution >= 4 is 44.4 Å². The van der Waals surface area contributed by atoms with Crippen LogP contribution in [-0.4, -0.2) is 18.1 Å². The van der Waals surface area contributed by atoms with Crippen molar-refractivity contribution in [1.29, 1.82) is 0 Å². The van der Waals surface area contributed by atoms with Crippen molar-refractivity contribution in [3.05, 3.63) is 39.0 Å². The van der Waals surface area contributed by atoms with Crippen LogP contribution in [0, 0.1) is 6.92 Å². The molecule has 2 aromatic rings. The predicted molar refractivity (Wildman–Crippen MR) is 70.5 cm³/mol. The Balaban J connectivity index is 2.84. The summed E-state index contributed by atoms with van der Waals surface area (Å²) in [6.45, 7) is 1.92. The summed E-state index contributed by atoms with van der Waals surface area (Å²) in [4.78, 5) is 15.8. The van der Waals surface area contributed by atoms with Crippen LogP contribution < -0.4 is 0 Å². The Labute approximate surface area is 112 Å². The number of pyridine rings is 1. The molecule has 5 heteroatoms. The molecule has 2 rings (SSSR count). The van der Waals surface area contributed by atoms with Crippen LogP contribution in [0.2, 0.25) is 5.02 Å². The maximum atomic E-state index is 11.5. The van der Waals surface area contributed by atoms with E-state index in [1.165, 1.54) is 13.3 Å². The van der Waals surface area contributed by atoms with Crippen LogP contribution in [0.15, 0.2) is 22.8 Å². The van der Waals surface area contributed by atoms with Crippen molar-refractivity contribution in [2.45, 2.75) is 6.92 Å². The third kappa shape index (κ3) is 2.03. The smallest absolute Gasteiger partial charge is 0.340 e. The number of carbonyl (C=O) groups is 1. The molecule has 0 aliphatic carbocycles. The Morgan fingerprint density at radius 3 is 2.82 bits per heavy atom. The molecule has 88 valence electrons. The second kappa shape index (κ2) is 4.63. The lowest BCUT2D eigenvalue weighted by atomic mass is 10.1. The van der Waals surface area contributed by atoms with Crippen LogP contribution in [0.25, 0.3) is 10.9 Å². The Bertz CT molecular complexity index is 613. The summed E-state index contributed by atoms with van der Waals surface area (Å²) in [5.74, 6) is -0.483. The summed E-state index contributed by atoms with van der Waals surface area (Å²) in [5, 5.41) is 1.14. The largest absolute Gasteiger partial charge is 0.465 e. The van der Waals surface area contributed by atoms with Crippen molar-refractivity contribution in [2.75, 3.05) is 7.11 Å². The number of methoxy groups -OCH3 is 1. The molecule has 0 spiro atoms. The quantitative estimate of drug-likeness (QED) is 0.753. The summed E-state index contributed by atoms with van der Waals surface area (Å²) >= 11 is 9.64. The van der Waals surface area contributed by atoms with Gasteiger partial charge < -0.3 is 4.74 Å². The Morgan fingerprint density at radius 2 is 2.18 bits per heavy atom. The number of hydrogen-bond acceptors (Lipinski definition) is 3. The van der Waals surface area contributed by atoms with E-state index in [0.717, 1.165) is 20.9 Å². The van der Waals surface area contributed by atoms with E-state index in [2.05, 4.69) is 25.7 Å². The highest BCUT2D eigenvalue weighted by Gasteiger charge is 2.16. The standard InChI is InChI=1S/C12H9BrClNO2/c1-6-3-4-8(13)11-9(6)10(14)7(5-15-11)12(16)17-2/h3-5H,1-2H3. The fraction of sp³-hybridized carbons (Fsp3) is 0.167. The third-order valence-corrected chi connectivity index (χ3v) is 3.55. The van der Waals surface area contributed by atoms with E-state index in [0.29, 0.717) is 5.02 Å². The van der Waals surface area contributed by atoms with E-state index in [9.17, 15) is 4.79 Å². The van der Waals surface area contributed by atoms with Gasteiger partial charge in [0.1, 0.15) is 0 Å². The number of aryl methyl sites for hydroxylation is 1. The zero-order valence-corrected chi connectivity index (χ0v) is 11.6. The van der Waals surface area contributed by atoms with Gasteiger partial charge in [0.2, 0.25) is 0 Å². The number of ether oxygens (including phenoxy) is 1. The molecule has 0 atom stereocenters. The minimum absolute atomic E-state index is 0.280.